The number of thiophene rings is 1. The fourth-order valence-electron chi connectivity index (χ4n) is 3.49. The molecule has 2 heterocycles. The molecule has 1 aromatic heterocycles. The van der Waals surface area contributed by atoms with Crippen LogP contribution in [0.25, 0.3) is 0 Å². The smallest absolute Gasteiger partial charge is 0.307 e. The molecule has 0 aliphatic carbocycles. The third-order valence-electron chi connectivity index (χ3n) is 5.37. The molecule has 1 aromatic carbocycles. The van der Waals surface area contributed by atoms with Gasteiger partial charge in [-0.2, -0.15) is 0 Å². The monoisotopic (exact) mass is 472 g/mol. The molecule has 31 heavy (non-hydrogen) atoms. The maximum atomic E-state index is 12.7. The Labute approximate surface area is 195 Å². The summed E-state index contributed by atoms with van der Waals surface area (Å²) in [7, 11) is 0.461. The lowest BCUT2D eigenvalue weighted by Gasteiger charge is -2.35. The molecule has 1 fully saturated rings. The molecule has 0 radical (unpaired) electrons. The third kappa shape index (κ3) is 7.17. The number of benzene rings is 1. The highest BCUT2D eigenvalue weighted by molar-refractivity contribution is 8.00. The number of rotatable bonds is 7. The average Bonchev–Trinajstić information content (AvgIpc) is 3.22. The molecule has 0 N–H and O–H groups in total. The standard InChI is InChI=1S/C25H32O3S2Si/c1-27-21-10-7-20(8-11-21)9-12-22-13-14-23(30-22)25(15-5-6-17-29-25)19-24(26)28-16-18-31(2,3)4/h7-8,10-11,13-14H,5-6,15-19H2,1-4H3/t25-/m0/s1. The van der Waals surface area contributed by atoms with E-state index >= 15 is 0 Å². The maximum absolute atomic E-state index is 12.7. The Kier molecular flexibility index (Phi) is 8.32. The third-order valence-corrected chi connectivity index (χ3v) is 10.0. The lowest BCUT2D eigenvalue weighted by Crippen LogP contribution is -2.30. The zero-order valence-corrected chi connectivity index (χ0v) is 21.6. The predicted octanol–water partition coefficient (Wildman–Crippen LogP) is 6.54. The second kappa shape index (κ2) is 10.8. The Morgan fingerprint density at radius 3 is 2.52 bits per heavy atom. The molecule has 0 saturated carbocycles. The molecular weight excluding hydrogens is 440 g/mol. The van der Waals surface area contributed by atoms with Gasteiger partial charge in [0.05, 0.1) is 29.8 Å². The molecule has 6 heteroatoms. The van der Waals surface area contributed by atoms with Crippen LogP contribution in [0.3, 0.4) is 0 Å². The number of hydrogen-bond acceptors (Lipinski definition) is 5. The zero-order chi connectivity index (χ0) is 22.3. The van der Waals surface area contributed by atoms with E-state index in [0.29, 0.717) is 13.0 Å². The van der Waals surface area contributed by atoms with Crippen LogP contribution < -0.4 is 4.74 Å². The number of esters is 1. The second-order valence-corrected chi connectivity index (χ2v) is 17.3. The lowest BCUT2D eigenvalue weighted by molar-refractivity contribution is -0.143. The van der Waals surface area contributed by atoms with Crippen molar-refractivity contribution in [3.05, 3.63) is 51.7 Å². The number of carbonyl (C=O) groups excluding carboxylic acids is 1. The minimum atomic E-state index is -1.20. The highest BCUT2D eigenvalue weighted by Crippen LogP contribution is 2.50. The molecule has 1 aliphatic rings. The fraction of sp³-hybridized carbons (Fsp3) is 0.480. The van der Waals surface area contributed by atoms with Crippen molar-refractivity contribution in [3.8, 4) is 17.6 Å². The van der Waals surface area contributed by atoms with Gasteiger partial charge in [0.1, 0.15) is 5.75 Å². The summed E-state index contributed by atoms with van der Waals surface area (Å²) in [5.41, 5.74) is 0.962. The van der Waals surface area contributed by atoms with Gasteiger partial charge in [-0.15, -0.1) is 23.1 Å². The summed E-state index contributed by atoms with van der Waals surface area (Å²) in [6.07, 6.45) is 3.84. The van der Waals surface area contributed by atoms with E-state index in [0.717, 1.165) is 40.8 Å². The first kappa shape index (κ1) is 24.0. The van der Waals surface area contributed by atoms with Crippen molar-refractivity contribution in [3.63, 3.8) is 0 Å². The van der Waals surface area contributed by atoms with Gasteiger partial charge in [0, 0.05) is 18.5 Å². The van der Waals surface area contributed by atoms with Gasteiger partial charge in [-0.05, 0) is 61.0 Å². The minimum absolute atomic E-state index is 0.0630. The number of thioether (sulfide) groups is 1. The molecule has 3 rings (SSSR count). The topological polar surface area (TPSA) is 35.5 Å². The Bertz CT molecular complexity index is 926. The molecule has 0 bridgehead atoms. The van der Waals surface area contributed by atoms with Gasteiger partial charge in [0.2, 0.25) is 0 Å². The van der Waals surface area contributed by atoms with Crippen LogP contribution in [0.2, 0.25) is 25.7 Å². The van der Waals surface area contributed by atoms with Gasteiger partial charge in [0.25, 0.3) is 0 Å². The molecule has 0 unspecified atom stereocenters. The molecule has 0 spiro atoms. The van der Waals surface area contributed by atoms with Crippen molar-refractivity contribution < 1.29 is 14.3 Å². The number of hydrogen-bond donors (Lipinski definition) is 0. The van der Waals surface area contributed by atoms with E-state index in [1.54, 1.807) is 18.4 Å². The van der Waals surface area contributed by atoms with E-state index in [9.17, 15) is 4.79 Å². The summed E-state index contributed by atoms with van der Waals surface area (Å²) in [5, 5.41) is 0. The van der Waals surface area contributed by atoms with Crippen molar-refractivity contribution in [1.82, 2.24) is 0 Å². The number of ether oxygens (including phenoxy) is 2. The van der Waals surface area contributed by atoms with E-state index < -0.39 is 8.07 Å². The molecule has 1 atom stereocenters. The number of methoxy groups -OCH3 is 1. The first-order chi connectivity index (χ1) is 14.8. The van der Waals surface area contributed by atoms with Crippen molar-refractivity contribution in [2.75, 3.05) is 19.5 Å². The van der Waals surface area contributed by atoms with Crippen LogP contribution in [0.5, 0.6) is 5.75 Å². The summed E-state index contributed by atoms with van der Waals surface area (Å²) in [4.78, 5) is 15.0. The maximum Gasteiger partial charge on any atom is 0.307 e. The summed E-state index contributed by atoms with van der Waals surface area (Å²) in [5.74, 6) is 8.38. The first-order valence-corrected chi connectivity index (χ1v) is 16.4. The van der Waals surface area contributed by atoms with E-state index in [1.165, 1.54) is 11.3 Å². The quantitative estimate of drug-likeness (QED) is 0.260. The van der Waals surface area contributed by atoms with Crippen LogP contribution in [0, 0.1) is 11.8 Å². The van der Waals surface area contributed by atoms with Gasteiger partial charge in [-0.1, -0.05) is 37.9 Å². The van der Waals surface area contributed by atoms with Crippen molar-refractivity contribution >= 4 is 37.1 Å². The van der Waals surface area contributed by atoms with E-state index in [1.807, 2.05) is 36.0 Å². The molecule has 2 aromatic rings. The molecule has 1 saturated heterocycles. The SMILES string of the molecule is COc1ccc(C#Cc2ccc([C@@]3(CC(=O)OCC[Si](C)(C)C)CCCCS3)s2)cc1. The molecular formula is C25H32O3S2Si. The summed E-state index contributed by atoms with van der Waals surface area (Å²) in [6.45, 7) is 7.47. The molecule has 3 nitrogen and oxygen atoms in total. The van der Waals surface area contributed by atoms with Gasteiger partial charge in [0.15, 0.2) is 0 Å². The summed E-state index contributed by atoms with van der Waals surface area (Å²) in [6, 6.07) is 13.0. The average molecular weight is 473 g/mol. The second-order valence-electron chi connectivity index (χ2n) is 9.15. The highest BCUT2D eigenvalue weighted by Gasteiger charge is 2.38. The first-order valence-electron chi connectivity index (χ1n) is 10.9. The van der Waals surface area contributed by atoms with Crippen molar-refractivity contribution in [2.24, 2.45) is 0 Å². The molecule has 166 valence electrons. The fourth-order valence-corrected chi connectivity index (χ4v) is 6.93. The van der Waals surface area contributed by atoms with E-state index in [4.69, 9.17) is 9.47 Å². The minimum Gasteiger partial charge on any atom is -0.497 e. The van der Waals surface area contributed by atoms with Crippen LogP contribution in [0.15, 0.2) is 36.4 Å². The van der Waals surface area contributed by atoms with Gasteiger partial charge in [-0.25, -0.2) is 0 Å². The van der Waals surface area contributed by atoms with E-state index in [-0.39, 0.29) is 10.7 Å². The van der Waals surface area contributed by atoms with Crippen molar-refractivity contribution in [2.45, 2.75) is 56.1 Å². The van der Waals surface area contributed by atoms with Crippen molar-refractivity contribution in [1.29, 1.82) is 0 Å². The van der Waals surface area contributed by atoms with Crippen LogP contribution >= 0.6 is 23.1 Å². The summed E-state index contributed by atoms with van der Waals surface area (Å²) >= 11 is 3.63. The van der Waals surface area contributed by atoms with Gasteiger partial charge < -0.3 is 9.47 Å². The van der Waals surface area contributed by atoms with E-state index in [2.05, 4.69) is 43.6 Å². The normalized spacial score (nSPS) is 18.7. The lowest BCUT2D eigenvalue weighted by atomic mass is 9.95. The Hall–Kier alpha value is -1.68. The van der Waals surface area contributed by atoms with Gasteiger partial charge in [-0.3, -0.25) is 4.79 Å². The van der Waals surface area contributed by atoms with Crippen LogP contribution in [0.1, 0.15) is 41.0 Å². The Morgan fingerprint density at radius 2 is 1.87 bits per heavy atom. The van der Waals surface area contributed by atoms with Crippen LogP contribution in [0.4, 0.5) is 0 Å². The molecule has 0 amide bonds. The van der Waals surface area contributed by atoms with Crippen LogP contribution in [-0.2, 0) is 14.3 Å². The summed E-state index contributed by atoms with van der Waals surface area (Å²) < 4.78 is 10.7. The van der Waals surface area contributed by atoms with Crippen LogP contribution in [-0.4, -0.2) is 33.5 Å². The van der Waals surface area contributed by atoms with Gasteiger partial charge >= 0.3 is 5.97 Å². The highest BCUT2D eigenvalue weighted by atomic mass is 32.2. The Morgan fingerprint density at radius 1 is 1.10 bits per heavy atom. The molecule has 1 aliphatic heterocycles. The predicted molar refractivity (Wildman–Crippen MR) is 135 cm³/mol. The number of carbonyl (C=O) groups is 1. The zero-order valence-electron chi connectivity index (χ0n) is 19.0. The Balaban J connectivity index is 1.70. The largest absolute Gasteiger partial charge is 0.497 e.